The lowest BCUT2D eigenvalue weighted by Crippen LogP contribution is -2.30. The van der Waals surface area contributed by atoms with Crippen molar-refractivity contribution in [2.24, 2.45) is 4.99 Å². The number of nitrogens with one attached hydrogen (secondary N) is 1. The van der Waals surface area contributed by atoms with Gasteiger partial charge in [0.2, 0.25) is 5.88 Å². The molecule has 3 aromatic carbocycles. The van der Waals surface area contributed by atoms with E-state index in [1.165, 1.54) is 0 Å². The molecule has 0 amide bonds. The van der Waals surface area contributed by atoms with Gasteiger partial charge in [0.1, 0.15) is 5.56 Å². The Morgan fingerprint density at radius 1 is 0.906 bits per heavy atom. The van der Waals surface area contributed by atoms with Gasteiger partial charge in [-0.25, -0.2) is 14.4 Å². The van der Waals surface area contributed by atoms with Gasteiger partial charge in [-0.05, 0) is 31.2 Å². The van der Waals surface area contributed by atoms with Crippen molar-refractivity contribution >= 4 is 23.0 Å². The van der Waals surface area contributed by atoms with Crippen LogP contribution in [-0.4, -0.2) is 20.4 Å². The van der Waals surface area contributed by atoms with E-state index in [2.05, 4.69) is 4.98 Å². The first kappa shape index (κ1) is 19.5. The summed E-state index contributed by atoms with van der Waals surface area (Å²) in [5.74, 6) is -0.424. The Morgan fingerprint density at radius 3 is 2.34 bits per heavy atom. The van der Waals surface area contributed by atoms with Crippen LogP contribution in [0.3, 0.4) is 0 Å². The van der Waals surface area contributed by atoms with Gasteiger partial charge < -0.3 is 5.11 Å². The zero-order valence-corrected chi connectivity index (χ0v) is 17.2. The average Bonchev–Trinajstić information content (AvgIpc) is 3.17. The maximum absolute atomic E-state index is 12.7. The molecule has 0 unspecified atom stereocenters. The number of aliphatic imine (C=N–C) groups is 1. The summed E-state index contributed by atoms with van der Waals surface area (Å²) in [6.07, 6.45) is 1.59. The zero-order valence-electron chi connectivity index (χ0n) is 17.2. The highest BCUT2D eigenvalue weighted by Crippen LogP contribution is 2.38. The molecular weight excluding hydrogens is 402 g/mol. The average molecular weight is 421 g/mol. The monoisotopic (exact) mass is 421 g/mol. The summed E-state index contributed by atoms with van der Waals surface area (Å²) in [5, 5.41) is 11.0. The molecule has 5 rings (SSSR count). The lowest BCUT2D eigenvalue weighted by Gasteiger charge is -2.11. The summed E-state index contributed by atoms with van der Waals surface area (Å²) >= 11 is 0. The van der Waals surface area contributed by atoms with Gasteiger partial charge in [0, 0.05) is 16.7 Å². The second-order valence-corrected chi connectivity index (χ2v) is 7.57. The van der Waals surface area contributed by atoms with Gasteiger partial charge in [-0.1, -0.05) is 66.2 Å². The summed E-state index contributed by atoms with van der Waals surface area (Å²) in [4.78, 5) is 32.3. The maximum atomic E-state index is 12.7. The Hall–Kier alpha value is -4.45. The van der Waals surface area contributed by atoms with Crippen molar-refractivity contribution in [2.75, 3.05) is 0 Å². The fourth-order valence-electron chi connectivity index (χ4n) is 3.82. The van der Waals surface area contributed by atoms with Gasteiger partial charge in [0.15, 0.2) is 0 Å². The van der Waals surface area contributed by atoms with Gasteiger partial charge in [-0.2, -0.15) is 0 Å². The summed E-state index contributed by atoms with van der Waals surface area (Å²) in [6, 6.07) is 24.3. The molecule has 0 bridgehead atoms. The number of benzene rings is 3. The number of rotatable bonds is 3. The lowest BCUT2D eigenvalue weighted by molar-refractivity contribution is 0.429. The molecule has 0 radical (unpaired) electrons. The van der Waals surface area contributed by atoms with Gasteiger partial charge in [0.05, 0.1) is 17.1 Å². The number of aromatic nitrogens is 2. The van der Waals surface area contributed by atoms with Gasteiger partial charge in [0.25, 0.3) is 5.56 Å². The third-order valence-electron chi connectivity index (χ3n) is 5.43. The second kappa shape index (κ2) is 7.67. The van der Waals surface area contributed by atoms with Gasteiger partial charge in [-0.15, -0.1) is 0 Å². The Kier molecular flexibility index (Phi) is 4.67. The molecule has 0 spiro atoms. The number of nitrogens with zero attached hydrogens (tertiary/aromatic N) is 2. The van der Waals surface area contributed by atoms with Crippen molar-refractivity contribution in [3.05, 3.63) is 122 Å². The molecule has 6 nitrogen and oxygen atoms in total. The highest BCUT2D eigenvalue weighted by molar-refractivity contribution is 6.39. The van der Waals surface area contributed by atoms with E-state index < -0.39 is 17.1 Å². The molecule has 156 valence electrons. The van der Waals surface area contributed by atoms with E-state index >= 15 is 0 Å². The standard InChI is InChI=1S/C26H19N3O3/c1-16-11-13-18(14-12-16)29-25(31)21(24(30)28-26(29)32)15-20-19-9-5-6-10-22(19)27-23(20)17-7-3-2-4-8-17/h2-15,31H,1H3,(H,28,30,32). The fourth-order valence-corrected chi connectivity index (χ4v) is 3.82. The van der Waals surface area contributed by atoms with E-state index in [0.29, 0.717) is 17.0 Å². The number of aromatic hydroxyl groups is 1. The van der Waals surface area contributed by atoms with Crippen LogP contribution >= 0.6 is 0 Å². The third kappa shape index (κ3) is 3.28. The van der Waals surface area contributed by atoms with Crippen molar-refractivity contribution in [1.82, 2.24) is 9.55 Å². The highest BCUT2D eigenvalue weighted by atomic mass is 16.3. The van der Waals surface area contributed by atoms with Crippen LogP contribution in [0, 0.1) is 6.92 Å². The van der Waals surface area contributed by atoms with Gasteiger partial charge in [-0.3, -0.25) is 9.78 Å². The zero-order chi connectivity index (χ0) is 22.2. The topological polar surface area (TPSA) is 87.4 Å². The molecular formula is C26H19N3O3. The highest BCUT2D eigenvalue weighted by Gasteiger charge is 2.24. The second-order valence-electron chi connectivity index (χ2n) is 7.57. The summed E-state index contributed by atoms with van der Waals surface area (Å²) < 4.78 is 1.09. The lowest BCUT2D eigenvalue weighted by atomic mass is 9.96. The molecule has 0 aliphatic carbocycles. The van der Waals surface area contributed by atoms with Crippen molar-refractivity contribution in [1.29, 1.82) is 0 Å². The molecule has 0 atom stereocenters. The molecule has 1 aliphatic rings. The molecule has 1 aromatic heterocycles. The van der Waals surface area contributed by atoms with E-state index in [4.69, 9.17) is 4.99 Å². The number of aryl methyl sites for hydroxylation is 1. The van der Waals surface area contributed by atoms with Crippen LogP contribution in [0.25, 0.3) is 17.3 Å². The number of hydrogen-bond donors (Lipinski definition) is 2. The maximum Gasteiger partial charge on any atom is 0.335 e. The number of allylic oxidation sites excluding steroid dienone is 1. The van der Waals surface area contributed by atoms with E-state index in [1.54, 1.807) is 18.2 Å². The number of aromatic amines is 1. The van der Waals surface area contributed by atoms with Crippen LogP contribution in [0.5, 0.6) is 5.88 Å². The molecule has 4 aromatic rings. The van der Waals surface area contributed by atoms with E-state index in [1.807, 2.05) is 73.7 Å². The summed E-state index contributed by atoms with van der Waals surface area (Å²) in [6.45, 7) is 1.93. The predicted molar refractivity (Wildman–Crippen MR) is 126 cm³/mol. The van der Waals surface area contributed by atoms with Crippen molar-refractivity contribution in [3.63, 3.8) is 0 Å². The molecule has 6 heteroatoms. The van der Waals surface area contributed by atoms with Crippen LogP contribution < -0.4 is 11.2 Å². The van der Waals surface area contributed by atoms with E-state index in [0.717, 1.165) is 26.9 Å². The van der Waals surface area contributed by atoms with Crippen LogP contribution in [0.2, 0.25) is 0 Å². The van der Waals surface area contributed by atoms with Gasteiger partial charge >= 0.3 is 5.69 Å². The first-order chi connectivity index (χ1) is 15.5. The molecule has 2 heterocycles. The molecule has 1 aliphatic heterocycles. The molecule has 32 heavy (non-hydrogen) atoms. The van der Waals surface area contributed by atoms with Crippen molar-refractivity contribution in [2.45, 2.75) is 6.92 Å². The van der Waals surface area contributed by atoms with Crippen LogP contribution in [0.1, 0.15) is 22.3 Å². The fraction of sp³-hybridized carbons (Fsp3) is 0.0385. The molecule has 2 N–H and O–H groups in total. The molecule has 0 fully saturated rings. The molecule has 0 saturated heterocycles. The normalized spacial score (nSPS) is 13.8. The minimum absolute atomic E-state index is 0.0134. The Bertz CT molecular complexity index is 1510. The van der Waals surface area contributed by atoms with Crippen molar-refractivity contribution in [3.8, 4) is 11.6 Å². The Morgan fingerprint density at radius 2 is 1.59 bits per heavy atom. The van der Waals surface area contributed by atoms with E-state index in [-0.39, 0.29) is 5.56 Å². The van der Waals surface area contributed by atoms with Crippen LogP contribution in [0.4, 0.5) is 5.69 Å². The number of H-pyrrole nitrogens is 1. The smallest absolute Gasteiger partial charge is 0.335 e. The van der Waals surface area contributed by atoms with Crippen LogP contribution in [0.15, 0.2) is 93.4 Å². The largest absolute Gasteiger partial charge is 0.494 e. The summed E-state index contributed by atoms with van der Waals surface area (Å²) in [5.41, 5.74) is 3.98. The quantitative estimate of drug-likeness (QED) is 0.519. The minimum atomic E-state index is -0.706. The predicted octanol–water partition coefficient (Wildman–Crippen LogP) is 4.21. The van der Waals surface area contributed by atoms with E-state index in [9.17, 15) is 14.7 Å². The first-order valence-electron chi connectivity index (χ1n) is 10.1. The third-order valence-corrected chi connectivity index (χ3v) is 5.43. The number of hydrogen-bond acceptors (Lipinski definition) is 4. The number of para-hydroxylation sites is 1. The first-order valence-corrected chi connectivity index (χ1v) is 10.1. The minimum Gasteiger partial charge on any atom is -0.494 e. The SMILES string of the molecule is Cc1ccc(-n2c(O)c(C=C3C(c4ccccc4)=Nc4ccccc43)c(=O)[nH]c2=O)cc1. The Labute approximate surface area is 183 Å². The number of fused-ring (bicyclic) bond motifs is 1. The van der Waals surface area contributed by atoms with Crippen molar-refractivity contribution < 1.29 is 5.11 Å². The van der Waals surface area contributed by atoms with Crippen LogP contribution in [-0.2, 0) is 0 Å². The summed E-state index contributed by atoms with van der Waals surface area (Å²) in [7, 11) is 0. The Balaban J connectivity index is 1.74. The molecule has 0 saturated carbocycles.